The van der Waals surface area contributed by atoms with Crippen molar-refractivity contribution < 1.29 is 37.6 Å². The Balaban J connectivity index is 4.07. The topological polar surface area (TPSA) is 134 Å². The molecule has 85 heavy (non-hydrogen) atoms. The fraction of sp³-hybridized carbons (Fsp3) is 0.547. The molecule has 3 N–H and O–H groups in total. The maximum absolute atomic E-state index is 12.8. The second-order valence-corrected chi connectivity index (χ2v) is 22.3. The number of carbonyl (C=O) groups excluding carboxylic acids is 2. The molecular weight excluding hydrogens is 1070 g/mol. The van der Waals surface area contributed by atoms with E-state index >= 15 is 0 Å². The van der Waals surface area contributed by atoms with Gasteiger partial charge in [-0.2, -0.15) is 0 Å². The van der Waals surface area contributed by atoms with Crippen molar-refractivity contribution in [3.63, 3.8) is 0 Å². The monoisotopic (exact) mass is 1190 g/mol. The van der Waals surface area contributed by atoms with Crippen LogP contribution in [0.15, 0.2) is 194 Å². The van der Waals surface area contributed by atoms with E-state index in [-0.39, 0.29) is 32.6 Å². The average molecular weight is 1190 g/mol. The second-order valence-electron chi connectivity index (χ2n) is 20.9. The van der Waals surface area contributed by atoms with Gasteiger partial charge in [0.2, 0.25) is 0 Å². The minimum atomic E-state index is -4.41. The van der Waals surface area contributed by atoms with E-state index in [1.807, 2.05) is 0 Å². The van der Waals surface area contributed by atoms with Gasteiger partial charge < -0.3 is 20.1 Å². The minimum Gasteiger partial charge on any atom is -0.462 e. The minimum absolute atomic E-state index is 0.0386. The third-order valence-electron chi connectivity index (χ3n) is 13.0. The summed E-state index contributed by atoms with van der Waals surface area (Å²) in [5.41, 5.74) is 5.39. The van der Waals surface area contributed by atoms with Crippen molar-refractivity contribution in [3.8, 4) is 0 Å². The molecule has 0 saturated carbocycles. The van der Waals surface area contributed by atoms with Crippen LogP contribution in [0.3, 0.4) is 0 Å². The van der Waals surface area contributed by atoms with E-state index in [1.54, 1.807) is 0 Å². The summed E-state index contributed by atoms with van der Waals surface area (Å²) in [7, 11) is -4.41. The van der Waals surface area contributed by atoms with Gasteiger partial charge in [-0.25, -0.2) is 4.57 Å². The van der Waals surface area contributed by atoms with Crippen LogP contribution >= 0.6 is 7.82 Å². The Morgan fingerprint density at radius 3 is 0.906 bits per heavy atom. The standard InChI is InChI=1S/C75H118NO8P/c1-3-5-7-9-11-13-15-17-19-21-23-25-27-29-31-33-35-36-38-40-42-44-46-48-50-52-54-56-58-60-62-64-66-68-75(78)84-73(72-83-85(79,80)82-70-69-76)71-81-74(77)67-65-63-61-59-57-55-53-51-49-47-45-43-41-39-37-34-32-30-28-26-24-22-20-18-16-14-12-10-8-6-4-2/h5-8,11-14,17-20,23-26,29-32,35-37,39-40,42-43,45-46,48-49,51,73H,3-4,9-10,15-16,21-22,27-28,33-34,38,41,44,47,50,52-72,76H2,1-2H3,(H,79,80)/b7-5-,8-6-,13-11-,14-12-,19-17-,20-18-,25-23-,26-24-,31-29-,32-30-,36-35-,39-37-,42-40-,45-43-,48-46-,51-49-. The maximum atomic E-state index is 12.8. The molecule has 0 saturated heterocycles. The Labute approximate surface area is 519 Å². The van der Waals surface area contributed by atoms with Crippen LogP contribution in [0.25, 0.3) is 0 Å². The molecule has 0 radical (unpaired) electrons. The molecule has 0 aromatic heterocycles. The van der Waals surface area contributed by atoms with Gasteiger partial charge in [-0.05, 0) is 141 Å². The normalized spacial score (nSPS) is 14.3. The summed E-state index contributed by atoms with van der Waals surface area (Å²) in [6, 6.07) is 0. The zero-order valence-electron chi connectivity index (χ0n) is 53.3. The molecule has 0 aromatic rings. The largest absolute Gasteiger partial charge is 0.472 e. The number of phosphoric ester groups is 1. The average Bonchev–Trinajstić information content (AvgIpc) is 3.52. The number of esters is 2. The molecule has 0 aliphatic rings. The molecule has 0 bridgehead atoms. The molecule has 0 amide bonds. The molecule has 0 heterocycles. The third kappa shape index (κ3) is 67.8. The van der Waals surface area contributed by atoms with Crippen molar-refractivity contribution in [2.75, 3.05) is 26.4 Å². The van der Waals surface area contributed by atoms with Gasteiger partial charge in [-0.1, -0.05) is 272 Å². The molecule has 2 atom stereocenters. The maximum Gasteiger partial charge on any atom is 0.472 e. The van der Waals surface area contributed by atoms with Gasteiger partial charge in [-0.15, -0.1) is 0 Å². The van der Waals surface area contributed by atoms with E-state index in [1.165, 1.54) is 25.7 Å². The number of rotatable bonds is 59. The third-order valence-corrected chi connectivity index (χ3v) is 14.0. The zero-order chi connectivity index (χ0) is 61.6. The first-order chi connectivity index (χ1) is 41.8. The number of allylic oxidation sites excluding steroid dienone is 32. The number of hydrogen-bond acceptors (Lipinski definition) is 8. The summed E-state index contributed by atoms with van der Waals surface area (Å²) >= 11 is 0. The van der Waals surface area contributed by atoms with E-state index in [4.69, 9.17) is 24.3 Å². The lowest BCUT2D eigenvalue weighted by Gasteiger charge is -2.19. The highest BCUT2D eigenvalue weighted by atomic mass is 31.2. The predicted octanol–water partition coefficient (Wildman–Crippen LogP) is 21.7. The number of nitrogens with two attached hydrogens (primary N) is 1. The molecule has 9 nitrogen and oxygen atoms in total. The lowest BCUT2D eigenvalue weighted by atomic mass is 10.1. The fourth-order valence-electron chi connectivity index (χ4n) is 8.20. The second kappa shape index (κ2) is 68.0. The number of unbranched alkanes of at least 4 members (excludes halogenated alkanes) is 14. The molecule has 0 aliphatic carbocycles. The Hall–Kier alpha value is -5.15. The Kier molecular flexibility index (Phi) is 63.9. The smallest absolute Gasteiger partial charge is 0.462 e. The number of carbonyl (C=O) groups is 2. The van der Waals surface area contributed by atoms with Gasteiger partial charge in [0.1, 0.15) is 6.61 Å². The summed E-state index contributed by atoms with van der Waals surface area (Å²) in [5, 5.41) is 0. The molecule has 0 fully saturated rings. The number of hydrogen-bond donors (Lipinski definition) is 2. The highest BCUT2D eigenvalue weighted by Gasteiger charge is 2.26. The van der Waals surface area contributed by atoms with Crippen LogP contribution in [0.1, 0.15) is 232 Å². The summed E-state index contributed by atoms with van der Waals surface area (Å²) in [5.74, 6) is -0.870. The van der Waals surface area contributed by atoms with Gasteiger partial charge in [-0.3, -0.25) is 18.6 Å². The Morgan fingerprint density at radius 2 is 0.612 bits per heavy atom. The van der Waals surface area contributed by atoms with Crippen LogP contribution in [0.5, 0.6) is 0 Å². The zero-order valence-corrected chi connectivity index (χ0v) is 54.1. The van der Waals surface area contributed by atoms with Crippen molar-refractivity contribution in [1.29, 1.82) is 0 Å². The summed E-state index contributed by atoms with van der Waals surface area (Å²) in [4.78, 5) is 35.3. The molecule has 0 rings (SSSR count). The number of phosphoric acid groups is 1. The molecule has 0 aliphatic heterocycles. The molecular formula is C75H118NO8P. The van der Waals surface area contributed by atoms with Gasteiger partial charge in [0.25, 0.3) is 0 Å². The SMILES string of the molecule is CC/C=C\C/C=C\C/C=C\C/C=C\C/C=C\C/C=C\C/C=C\C/C=C\CCCCCCCCCCC(=O)OC(COC(=O)CCCCCCCC/C=C\C/C=C\C/C=C\C/C=C\C/C=C\C/C=C\C/C=C\C/C=C\CC)COP(=O)(O)OCCN. The van der Waals surface area contributed by atoms with Crippen LogP contribution in [0.2, 0.25) is 0 Å². The molecule has 10 heteroatoms. The van der Waals surface area contributed by atoms with Crippen molar-refractivity contribution in [2.45, 2.75) is 238 Å². The van der Waals surface area contributed by atoms with E-state index in [0.717, 1.165) is 167 Å². The predicted molar refractivity (Wildman–Crippen MR) is 366 cm³/mol. The molecule has 476 valence electrons. The summed E-state index contributed by atoms with van der Waals surface area (Å²) < 4.78 is 33.1. The lowest BCUT2D eigenvalue weighted by molar-refractivity contribution is -0.161. The molecule has 0 spiro atoms. The van der Waals surface area contributed by atoms with Crippen LogP contribution in [-0.2, 0) is 32.7 Å². The lowest BCUT2D eigenvalue weighted by Crippen LogP contribution is -2.29. The van der Waals surface area contributed by atoms with Crippen molar-refractivity contribution in [1.82, 2.24) is 0 Å². The Morgan fingerprint density at radius 1 is 0.353 bits per heavy atom. The highest BCUT2D eigenvalue weighted by Crippen LogP contribution is 2.43. The first-order valence-corrected chi connectivity index (χ1v) is 34.4. The number of ether oxygens (including phenoxy) is 2. The first kappa shape index (κ1) is 79.8. The quantitative estimate of drug-likeness (QED) is 0.0264. The van der Waals surface area contributed by atoms with Gasteiger partial charge in [0.05, 0.1) is 13.2 Å². The summed E-state index contributed by atoms with van der Waals surface area (Å²) in [6.07, 6.45) is 103. The van der Waals surface area contributed by atoms with Crippen molar-refractivity contribution in [3.05, 3.63) is 194 Å². The van der Waals surface area contributed by atoms with Crippen molar-refractivity contribution >= 4 is 19.8 Å². The Bertz CT molecular complexity index is 2090. The van der Waals surface area contributed by atoms with E-state index in [9.17, 15) is 19.0 Å². The van der Waals surface area contributed by atoms with Crippen LogP contribution in [-0.4, -0.2) is 49.3 Å². The van der Waals surface area contributed by atoms with Crippen LogP contribution in [0, 0.1) is 0 Å². The van der Waals surface area contributed by atoms with Crippen LogP contribution < -0.4 is 5.73 Å². The summed E-state index contributed by atoms with van der Waals surface area (Å²) in [6.45, 7) is 3.46. The van der Waals surface area contributed by atoms with Crippen LogP contribution in [0.4, 0.5) is 0 Å². The molecule has 2 unspecified atom stereocenters. The van der Waals surface area contributed by atoms with E-state index in [2.05, 4.69) is 208 Å². The van der Waals surface area contributed by atoms with Gasteiger partial charge >= 0.3 is 19.8 Å². The van der Waals surface area contributed by atoms with Gasteiger partial charge in [0.15, 0.2) is 6.10 Å². The first-order valence-electron chi connectivity index (χ1n) is 32.9. The molecule has 0 aromatic carbocycles. The van der Waals surface area contributed by atoms with Gasteiger partial charge in [0, 0.05) is 19.4 Å². The van der Waals surface area contributed by atoms with E-state index in [0.29, 0.717) is 12.8 Å². The van der Waals surface area contributed by atoms with E-state index < -0.39 is 32.5 Å². The highest BCUT2D eigenvalue weighted by molar-refractivity contribution is 7.47. The fourth-order valence-corrected chi connectivity index (χ4v) is 8.96. The van der Waals surface area contributed by atoms with Crippen molar-refractivity contribution in [2.24, 2.45) is 5.73 Å².